The smallest absolute Gasteiger partial charge is 0.325 e. The minimum Gasteiger partial charge on any atom is -0.481 e. The zero-order valence-electron chi connectivity index (χ0n) is 14.3. The summed E-state index contributed by atoms with van der Waals surface area (Å²) in [5.41, 5.74) is -1.45. The molecule has 2 N–H and O–H groups in total. The molecule has 1 unspecified atom stereocenters. The normalized spacial score (nSPS) is 13.1. The SMILES string of the molecule is CC(=O)C(CCCCC(=O)O)(C(=O)O)C(=O)c1ccc2ncccc2c1. The van der Waals surface area contributed by atoms with Crippen LogP contribution in [0.4, 0.5) is 0 Å². The number of aromatic nitrogens is 1. The molecule has 26 heavy (non-hydrogen) atoms. The molecule has 0 bridgehead atoms. The lowest BCUT2D eigenvalue weighted by Gasteiger charge is -2.25. The molecule has 1 aromatic heterocycles. The summed E-state index contributed by atoms with van der Waals surface area (Å²) in [6, 6.07) is 8.00. The molecule has 0 fully saturated rings. The van der Waals surface area contributed by atoms with E-state index in [4.69, 9.17) is 5.11 Å². The number of hydrogen-bond donors (Lipinski definition) is 2. The van der Waals surface area contributed by atoms with E-state index in [0.717, 1.165) is 6.92 Å². The molecular formula is C19H19NO6. The third-order valence-corrected chi connectivity index (χ3v) is 4.41. The molecule has 0 amide bonds. The van der Waals surface area contributed by atoms with E-state index in [9.17, 15) is 24.3 Å². The first kappa shape index (κ1) is 19.2. The zero-order chi connectivity index (χ0) is 19.3. The third kappa shape index (κ3) is 3.77. The molecule has 1 heterocycles. The van der Waals surface area contributed by atoms with E-state index in [0.29, 0.717) is 10.9 Å². The van der Waals surface area contributed by atoms with Crippen LogP contribution in [0.5, 0.6) is 0 Å². The number of hydrogen-bond acceptors (Lipinski definition) is 5. The molecule has 0 saturated heterocycles. The van der Waals surface area contributed by atoms with E-state index in [1.165, 1.54) is 12.1 Å². The van der Waals surface area contributed by atoms with Gasteiger partial charge in [-0.2, -0.15) is 0 Å². The summed E-state index contributed by atoms with van der Waals surface area (Å²) in [6.07, 6.45) is 1.54. The van der Waals surface area contributed by atoms with E-state index in [1.807, 2.05) is 0 Å². The fourth-order valence-corrected chi connectivity index (χ4v) is 2.93. The van der Waals surface area contributed by atoms with Crippen molar-refractivity contribution in [2.75, 3.05) is 0 Å². The molecule has 7 nitrogen and oxygen atoms in total. The summed E-state index contributed by atoms with van der Waals surface area (Å²) in [4.78, 5) is 51.8. The van der Waals surface area contributed by atoms with Gasteiger partial charge in [-0.3, -0.25) is 24.2 Å². The van der Waals surface area contributed by atoms with Crippen LogP contribution in [0.15, 0.2) is 36.5 Å². The summed E-state index contributed by atoms with van der Waals surface area (Å²) in [5, 5.41) is 19.0. The topological polar surface area (TPSA) is 122 Å². The molecule has 0 aliphatic carbocycles. The Hall–Kier alpha value is -3.09. The number of rotatable bonds is 9. The maximum Gasteiger partial charge on any atom is 0.325 e. The number of carbonyl (C=O) groups is 4. The summed E-state index contributed by atoms with van der Waals surface area (Å²) in [5.74, 6) is -4.09. The van der Waals surface area contributed by atoms with Crippen molar-refractivity contribution in [1.82, 2.24) is 4.98 Å². The van der Waals surface area contributed by atoms with E-state index in [1.54, 1.807) is 24.4 Å². The molecule has 1 aromatic carbocycles. The van der Waals surface area contributed by atoms with Crippen LogP contribution in [0.1, 0.15) is 43.0 Å². The van der Waals surface area contributed by atoms with Crippen LogP contribution in [0.2, 0.25) is 0 Å². The van der Waals surface area contributed by atoms with Gasteiger partial charge in [-0.1, -0.05) is 12.5 Å². The van der Waals surface area contributed by atoms with Crippen molar-refractivity contribution in [2.24, 2.45) is 5.41 Å². The van der Waals surface area contributed by atoms with Gasteiger partial charge in [0.1, 0.15) is 0 Å². The second-order valence-corrected chi connectivity index (χ2v) is 6.11. The Morgan fingerprint density at radius 3 is 2.42 bits per heavy atom. The van der Waals surface area contributed by atoms with E-state index >= 15 is 0 Å². The number of pyridine rings is 1. The highest BCUT2D eigenvalue weighted by atomic mass is 16.4. The lowest BCUT2D eigenvalue weighted by atomic mass is 9.73. The molecule has 7 heteroatoms. The molecule has 1 atom stereocenters. The number of unbranched alkanes of at least 4 members (excludes halogenated alkanes) is 1. The average molecular weight is 357 g/mol. The van der Waals surface area contributed by atoms with Gasteiger partial charge in [0.25, 0.3) is 0 Å². The quantitative estimate of drug-likeness (QED) is 0.402. The molecule has 0 saturated carbocycles. The lowest BCUT2D eigenvalue weighted by molar-refractivity contribution is -0.151. The largest absolute Gasteiger partial charge is 0.481 e. The van der Waals surface area contributed by atoms with Crippen molar-refractivity contribution in [1.29, 1.82) is 0 Å². The summed E-state index contributed by atoms with van der Waals surface area (Å²) >= 11 is 0. The minimum atomic E-state index is -2.21. The Balaban J connectivity index is 2.38. The Kier molecular flexibility index (Phi) is 5.82. The summed E-state index contributed by atoms with van der Waals surface area (Å²) in [6.45, 7) is 1.08. The standard InChI is InChI=1S/C19H19NO6/c1-12(21)19(18(25)26,9-3-2-6-16(22)23)17(24)14-7-8-15-13(11-14)5-4-10-20-15/h4-5,7-8,10-11H,2-3,6,9H2,1H3,(H,22,23)(H,25,26). The van der Waals surface area contributed by atoms with Gasteiger partial charge < -0.3 is 10.2 Å². The van der Waals surface area contributed by atoms with Crippen LogP contribution in [-0.2, 0) is 14.4 Å². The van der Waals surface area contributed by atoms with E-state index in [-0.39, 0.29) is 31.2 Å². The Morgan fingerprint density at radius 2 is 1.81 bits per heavy atom. The second-order valence-electron chi connectivity index (χ2n) is 6.11. The maximum atomic E-state index is 13.0. The summed E-state index contributed by atoms with van der Waals surface area (Å²) in [7, 11) is 0. The van der Waals surface area contributed by atoms with Crippen molar-refractivity contribution >= 4 is 34.4 Å². The first-order valence-electron chi connectivity index (χ1n) is 8.15. The van der Waals surface area contributed by atoms with Crippen molar-refractivity contribution in [2.45, 2.75) is 32.6 Å². The predicted molar refractivity (Wildman–Crippen MR) is 92.9 cm³/mol. The fraction of sp³-hybridized carbons (Fsp3) is 0.316. The van der Waals surface area contributed by atoms with Crippen LogP contribution >= 0.6 is 0 Å². The number of aliphatic carboxylic acids is 2. The van der Waals surface area contributed by atoms with Gasteiger partial charge in [-0.15, -0.1) is 0 Å². The molecule has 0 spiro atoms. The van der Waals surface area contributed by atoms with Gasteiger partial charge in [0.2, 0.25) is 0 Å². The predicted octanol–water partition coefficient (Wildman–Crippen LogP) is 2.72. The monoisotopic (exact) mass is 357 g/mol. The Morgan fingerprint density at radius 1 is 1.08 bits per heavy atom. The van der Waals surface area contributed by atoms with Crippen LogP contribution < -0.4 is 0 Å². The molecule has 2 rings (SSSR count). The van der Waals surface area contributed by atoms with Crippen LogP contribution in [0, 0.1) is 5.41 Å². The van der Waals surface area contributed by atoms with Crippen LogP contribution in [-0.4, -0.2) is 38.7 Å². The maximum absolute atomic E-state index is 13.0. The number of carboxylic acid groups (broad SMARTS) is 2. The Labute approximate surface area is 149 Å². The first-order valence-corrected chi connectivity index (χ1v) is 8.15. The van der Waals surface area contributed by atoms with Gasteiger partial charge in [0.15, 0.2) is 17.0 Å². The number of benzene rings is 1. The fourth-order valence-electron chi connectivity index (χ4n) is 2.93. The van der Waals surface area contributed by atoms with Crippen molar-refractivity contribution in [3.8, 4) is 0 Å². The van der Waals surface area contributed by atoms with Crippen LogP contribution in [0.3, 0.4) is 0 Å². The van der Waals surface area contributed by atoms with Crippen molar-refractivity contribution in [3.63, 3.8) is 0 Å². The van der Waals surface area contributed by atoms with E-state index < -0.39 is 28.9 Å². The van der Waals surface area contributed by atoms with Gasteiger partial charge in [0.05, 0.1) is 5.52 Å². The average Bonchev–Trinajstić information content (AvgIpc) is 2.60. The minimum absolute atomic E-state index is 0.112. The van der Waals surface area contributed by atoms with Gasteiger partial charge >= 0.3 is 11.9 Å². The lowest BCUT2D eigenvalue weighted by Crippen LogP contribution is -2.45. The molecule has 0 aliphatic rings. The highest BCUT2D eigenvalue weighted by Gasteiger charge is 2.50. The van der Waals surface area contributed by atoms with Crippen LogP contribution in [0.25, 0.3) is 10.9 Å². The molecule has 2 aromatic rings. The Bertz CT molecular complexity index is 859. The van der Waals surface area contributed by atoms with Gasteiger partial charge in [0, 0.05) is 23.6 Å². The van der Waals surface area contributed by atoms with Gasteiger partial charge in [-0.25, -0.2) is 0 Å². The number of nitrogens with zero attached hydrogens (tertiary/aromatic N) is 1. The number of carbonyl (C=O) groups excluding carboxylic acids is 2. The van der Waals surface area contributed by atoms with Crippen molar-refractivity contribution < 1.29 is 29.4 Å². The van der Waals surface area contributed by atoms with E-state index in [2.05, 4.69) is 4.98 Å². The number of ketones is 2. The highest BCUT2D eigenvalue weighted by Crippen LogP contribution is 2.32. The second kappa shape index (κ2) is 7.86. The highest BCUT2D eigenvalue weighted by molar-refractivity contribution is 6.26. The van der Waals surface area contributed by atoms with Gasteiger partial charge in [-0.05, 0) is 44.0 Å². The van der Waals surface area contributed by atoms with Crippen molar-refractivity contribution in [3.05, 3.63) is 42.1 Å². The number of carboxylic acids is 2. The molecule has 136 valence electrons. The zero-order valence-corrected chi connectivity index (χ0v) is 14.3. The first-order chi connectivity index (χ1) is 12.3. The number of fused-ring (bicyclic) bond motifs is 1. The molecule has 0 radical (unpaired) electrons. The summed E-state index contributed by atoms with van der Waals surface area (Å²) < 4.78 is 0. The number of Topliss-reactive ketones (excluding diaryl/α,β-unsaturated/α-hetero) is 2. The molecular weight excluding hydrogens is 338 g/mol. The molecule has 0 aliphatic heterocycles. The third-order valence-electron chi connectivity index (χ3n) is 4.41.